The summed E-state index contributed by atoms with van der Waals surface area (Å²) >= 11 is 0. The minimum Gasteiger partial charge on any atom is -0.460 e. The number of alkyl carbamates (subject to hydrolysis) is 1. The lowest BCUT2D eigenvalue weighted by Crippen LogP contribution is -2.45. The Morgan fingerprint density at radius 2 is 1.27 bits per heavy atom. The number of hydrogen-bond acceptors (Lipinski definition) is 11. The first-order valence-corrected chi connectivity index (χ1v) is 15.4. The number of hydrogen-bond donors (Lipinski definition) is 2. The maximum Gasteiger partial charge on any atom is 0.410 e. The van der Waals surface area contributed by atoms with Gasteiger partial charge in [-0.2, -0.15) is 0 Å². The van der Waals surface area contributed by atoms with Gasteiger partial charge in [0.1, 0.15) is 28.9 Å². The van der Waals surface area contributed by atoms with Crippen LogP contribution < -0.4 is 10.6 Å². The van der Waals surface area contributed by atoms with E-state index in [0.29, 0.717) is 25.9 Å². The van der Waals surface area contributed by atoms with Crippen molar-refractivity contribution in [3.8, 4) is 0 Å². The number of carbonyl (C=O) groups excluding carboxylic acids is 4. The van der Waals surface area contributed by atoms with Gasteiger partial charge in [0.2, 0.25) is 17.7 Å². The Balaban J connectivity index is 2.25. The SMILES string of the molecule is CC(C)(C)OC[C@H](NC(=O)OC(C)(C)C)c1nnc([C@H](CC(=O)OC(C)(C)C)NC(=O)C2CCN(C(=O)OC(C)(C)C)CC2)o1. The molecule has 3 amide bonds. The summed E-state index contributed by atoms with van der Waals surface area (Å²) in [6.07, 6.45) is -0.589. The van der Waals surface area contributed by atoms with E-state index in [1.165, 1.54) is 0 Å². The highest BCUT2D eigenvalue weighted by Crippen LogP contribution is 2.26. The second-order valence-corrected chi connectivity index (χ2v) is 15.2. The lowest BCUT2D eigenvalue weighted by Gasteiger charge is -2.33. The van der Waals surface area contributed by atoms with Gasteiger partial charge in [0, 0.05) is 19.0 Å². The monoisotopic (exact) mass is 639 g/mol. The summed E-state index contributed by atoms with van der Waals surface area (Å²) in [7, 11) is 0. The van der Waals surface area contributed by atoms with Crippen LogP contribution in [0.3, 0.4) is 0 Å². The van der Waals surface area contributed by atoms with Crippen molar-refractivity contribution in [1.82, 2.24) is 25.7 Å². The van der Waals surface area contributed by atoms with Gasteiger partial charge < -0.3 is 38.9 Å². The van der Waals surface area contributed by atoms with Crippen LogP contribution in [-0.4, -0.2) is 81.3 Å². The molecule has 0 aliphatic carbocycles. The Hall–Kier alpha value is -3.42. The average molecular weight is 640 g/mol. The van der Waals surface area contributed by atoms with E-state index in [0.717, 1.165) is 0 Å². The number of carbonyl (C=O) groups is 4. The van der Waals surface area contributed by atoms with Crippen molar-refractivity contribution in [3.05, 3.63) is 11.8 Å². The molecule has 14 nitrogen and oxygen atoms in total. The molecule has 0 radical (unpaired) electrons. The quantitative estimate of drug-likeness (QED) is 0.276. The molecule has 2 N–H and O–H groups in total. The first-order valence-electron chi connectivity index (χ1n) is 15.4. The molecule has 1 fully saturated rings. The van der Waals surface area contributed by atoms with Gasteiger partial charge >= 0.3 is 18.2 Å². The highest BCUT2D eigenvalue weighted by molar-refractivity contribution is 5.80. The van der Waals surface area contributed by atoms with E-state index in [-0.39, 0.29) is 30.7 Å². The van der Waals surface area contributed by atoms with E-state index in [9.17, 15) is 19.2 Å². The molecule has 1 aliphatic heterocycles. The van der Waals surface area contributed by atoms with Crippen LogP contribution in [0.5, 0.6) is 0 Å². The van der Waals surface area contributed by atoms with Gasteiger partial charge in [-0.25, -0.2) is 9.59 Å². The molecule has 0 unspecified atom stereocenters. The van der Waals surface area contributed by atoms with Gasteiger partial charge in [-0.05, 0) is 95.9 Å². The second kappa shape index (κ2) is 14.8. The van der Waals surface area contributed by atoms with Crippen LogP contribution in [0.25, 0.3) is 0 Å². The number of rotatable bonds is 9. The Labute approximate surface area is 266 Å². The number of piperidine rings is 1. The molecule has 2 atom stereocenters. The third-order valence-corrected chi connectivity index (χ3v) is 6.05. The zero-order valence-corrected chi connectivity index (χ0v) is 29.0. The van der Waals surface area contributed by atoms with Crippen LogP contribution in [0.4, 0.5) is 9.59 Å². The zero-order chi connectivity index (χ0) is 34.4. The summed E-state index contributed by atoms with van der Waals surface area (Å²) in [6, 6.07) is -1.89. The number of nitrogens with one attached hydrogen (secondary N) is 2. The predicted octanol–water partition coefficient (Wildman–Crippen LogP) is 4.99. The zero-order valence-electron chi connectivity index (χ0n) is 29.0. The van der Waals surface area contributed by atoms with Crippen molar-refractivity contribution in [2.45, 2.75) is 137 Å². The van der Waals surface area contributed by atoms with E-state index in [2.05, 4.69) is 20.8 Å². The van der Waals surface area contributed by atoms with Crippen LogP contribution in [-0.2, 0) is 28.5 Å². The highest BCUT2D eigenvalue weighted by atomic mass is 16.6. The van der Waals surface area contributed by atoms with Gasteiger partial charge in [0.15, 0.2) is 0 Å². The van der Waals surface area contributed by atoms with E-state index in [4.69, 9.17) is 23.4 Å². The molecule has 2 rings (SSSR count). The van der Waals surface area contributed by atoms with Gasteiger partial charge in [-0.3, -0.25) is 9.59 Å². The van der Waals surface area contributed by atoms with Crippen molar-refractivity contribution in [1.29, 1.82) is 0 Å². The Morgan fingerprint density at radius 1 is 0.756 bits per heavy atom. The van der Waals surface area contributed by atoms with E-state index >= 15 is 0 Å². The van der Waals surface area contributed by atoms with Gasteiger partial charge in [0.25, 0.3) is 0 Å². The summed E-state index contributed by atoms with van der Waals surface area (Å²) in [6.45, 7) is 22.1. The number of amides is 3. The first-order chi connectivity index (χ1) is 20.4. The Morgan fingerprint density at radius 3 is 1.76 bits per heavy atom. The fourth-order valence-electron chi connectivity index (χ4n) is 4.18. The van der Waals surface area contributed by atoms with E-state index in [1.807, 2.05) is 20.8 Å². The molecular weight excluding hydrogens is 586 g/mol. The van der Waals surface area contributed by atoms with Gasteiger partial charge in [-0.1, -0.05) is 0 Å². The Kier molecular flexibility index (Phi) is 12.4. The number of nitrogens with zero attached hydrogens (tertiary/aromatic N) is 3. The van der Waals surface area contributed by atoms with Crippen LogP contribution >= 0.6 is 0 Å². The molecule has 2 heterocycles. The van der Waals surface area contributed by atoms with Crippen LogP contribution in [0.15, 0.2) is 4.42 Å². The summed E-state index contributed by atoms with van der Waals surface area (Å²) in [5, 5.41) is 13.8. The average Bonchev–Trinajstić information content (AvgIpc) is 3.32. The number of esters is 1. The van der Waals surface area contributed by atoms with Crippen molar-refractivity contribution < 1.29 is 42.5 Å². The number of aromatic nitrogens is 2. The minimum absolute atomic E-state index is 0.00853. The van der Waals surface area contributed by atoms with Crippen LogP contribution in [0, 0.1) is 5.92 Å². The lowest BCUT2D eigenvalue weighted by molar-refractivity contribution is -0.155. The summed E-state index contributed by atoms with van der Waals surface area (Å²) < 4.78 is 28.2. The molecule has 0 saturated carbocycles. The molecular formula is C31H53N5O9. The van der Waals surface area contributed by atoms with Crippen molar-refractivity contribution in [2.75, 3.05) is 19.7 Å². The third-order valence-electron chi connectivity index (χ3n) is 6.05. The molecule has 1 aromatic heterocycles. The Bertz CT molecular complexity index is 1160. The van der Waals surface area contributed by atoms with Crippen molar-refractivity contribution in [3.63, 3.8) is 0 Å². The highest BCUT2D eigenvalue weighted by Gasteiger charge is 2.34. The lowest BCUT2D eigenvalue weighted by atomic mass is 9.95. The first kappa shape index (κ1) is 37.8. The standard InChI is InChI=1S/C31H53N5O9/c1-28(2,3)41-18-21(33-26(39)44-30(7,8)9)25-35-34-24(42-25)20(17-22(37)43-29(4,5)6)32-23(38)19-13-15-36(16-14-19)27(40)45-31(10,11)12/h19-21H,13-18H2,1-12H3,(H,32,38)(H,33,39)/t20-,21-/m0/s1. The molecule has 256 valence electrons. The molecule has 1 aromatic rings. The van der Waals surface area contributed by atoms with Crippen LogP contribution in [0.1, 0.15) is 126 Å². The summed E-state index contributed by atoms with van der Waals surface area (Å²) in [5.74, 6) is -1.36. The summed E-state index contributed by atoms with van der Waals surface area (Å²) in [4.78, 5) is 52.9. The maximum absolute atomic E-state index is 13.4. The fraction of sp³-hybridized carbons (Fsp3) is 0.806. The van der Waals surface area contributed by atoms with Gasteiger partial charge in [-0.15, -0.1) is 10.2 Å². The van der Waals surface area contributed by atoms with Crippen molar-refractivity contribution in [2.24, 2.45) is 5.92 Å². The van der Waals surface area contributed by atoms with Gasteiger partial charge in [0.05, 0.1) is 18.6 Å². The molecule has 1 aliphatic rings. The molecule has 0 aromatic carbocycles. The number of ether oxygens (including phenoxy) is 4. The van der Waals surface area contributed by atoms with Crippen LogP contribution in [0.2, 0.25) is 0 Å². The second-order valence-electron chi connectivity index (χ2n) is 15.2. The largest absolute Gasteiger partial charge is 0.460 e. The smallest absolute Gasteiger partial charge is 0.410 e. The maximum atomic E-state index is 13.4. The molecule has 1 saturated heterocycles. The third kappa shape index (κ3) is 14.5. The summed E-state index contributed by atoms with van der Waals surface area (Å²) in [5.41, 5.74) is -2.66. The molecule has 0 bridgehead atoms. The van der Waals surface area contributed by atoms with Crippen molar-refractivity contribution >= 4 is 24.1 Å². The van der Waals surface area contributed by atoms with E-state index in [1.54, 1.807) is 67.2 Å². The normalized spacial score (nSPS) is 16.4. The topological polar surface area (TPSA) is 171 Å². The molecule has 0 spiro atoms. The number of likely N-dealkylation sites (tertiary alicyclic amines) is 1. The fourth-order valence-corrected chi connectivity index (χ4v) is 4.18. The minimum atomic E-state index is -1.01. The molecule has 14 heteroatoms. The molecule has 45 heavy (non-hydrogen) atoms. The van der Waals surface area contributed by atoms with E-state index < -0.39 is 58.6 Å². The predicted molar refractivity (Wildman–Crippen MR) is 164 cm³/mol.